The van der Waals surface area contributed by atoms with Crippen LogP contribution in [0.15, 0.2) is 36.4 Å². The molecule has 2 aromatic rings. The molecule has 0 heterocycles. The lowest BCUT2D eigenvalue weighted by Crippen LogP contribution is -2.14. The molecule has 0 saturated carbocycles. The lowest BCUT2D eigenvalue weighted by atomic mass is 10.1. The molecule has 112 valence electrons. The van der Waals surface area contributed by atoms with Crippen LogP contribution < -0.4 is 10.1 Å². The highest BCUT2D eigenvalue weighted by Gasteiger charge is 2.14. The molecule has 0 saturated heterocycles. The molecule has 0 radical (unpaired) electrons. The van der Waals surface area contributed by atoms with Gasteiger partial charge >= 0.3 is 0 Å². The maximum Gasteiger partial charge on any atom is 0.141 e. The summed E-state index contributed by atoms with van der Waals surface area (Å²) in [6, 6.07) is 8.56. The van der Waals surface area contributed by atoms with Crippen molar-refractivity contribution in [1.29, 1.82) is 0 Å². The van der Waals surface area contributed by atoms with Gasteiger partial charge in [0, 0.05) is 12.1 Å². The van der Waals surface area contributed by atoms with Crippen molar-refractivity contribution in [2.24, 2.45) is 0 Å². The van der Waals surface area contributed by atoms with Crippen molar-refractivity contribution in [3.8, 4) is 5.75 Å². The number of hydrogen-bond donors (Lipinski definition) is 2. The fraction of sp³-hybridized carbons (Fsp3) is 0.250. The van der Waals surface area contributed by atoms with Crippen molar-refractivity contribution in [3.63, 3.8) is 0 Å². The summed E-state index contributed by atoms with van der Waals surface area (Å²) >= 11 is 0. The fourth-order valence-corrected chi connectivity index (χ4v) is 2.05. The lowest BCUT2D eigenvalue weighted by molar-refractivity contribution is 0.186. The van der Waals surface area contributed by atoms with Gasteiger partial charge in [0.1, 0.15) is 17.4 Å². The summed E-state index contributed by atoms with van der Waals surface area (Å²) in [5.74, 6) is -0.604. The molecule has 2 N–H and O–H groups in total. The summed E-state index contributed by atoms with van der Waals surface area (Å²) in [7, 11) is 1.54. The molecule has 2 aromatic carbocycles. The molecule has 1 unspecified atom stereocenters. The van der Waals surface area contributed by atoms with Crippen LogP contribution in [0.1, 0.15) is 17.2 Å². The third-order valence-electron chi connectivity index (χ3n) is 3.16. The average Bonchev–Trinajstić information content (AvgIpc) is 2.47. The Morgan fingerprint density at radius 2 is 1.95 bits per heavy atom. The van der Waals surface area contributed by atoms with Crippen molar-refractivity contribution in [1.82, 2.24) is 0 Å². The highest BCUT2D eigenvalue weighted by molar-refractivity contribution is 5.58. The zero-order valence-corrected chi connectivity index (χ0v) is 11.9. The Hall–Kier alpha value is -2.14. The van der Waals surface area contributed by atoms with Gasteiger partial charge in [0.25, 0.3) is 0 Å². The van der Waals surface area contributed by atoms with Gasteiger partial charge in [-0.1, -0.05) is 6.07 Å². The van der Waals surface area contributed by atoms with Crippen LogP contribution >= 0.6 is 0 Å². The highest BCUT2D eigenvalue weighted by Crippen LogP contribution is 2.26. The van der Waals surface area contributed by atoms with Crippen LogP contribution in [0.5, 0.6) is 5.75 Å². The minimum atomic E-state index is -1.16. The molecule has 2 rings (SSSR count). The molecule has 0 aliphatic rings. The molecular formula is C16H17F2NO2. The molecule has 3 nitrogen and oxygen atoms in total. The molecule has 21 heavy (non-hydrogen) atoms. The third-order valence-corrected chi connectivity index (χ3v) is 3.16. The fourth-order valence-electron chi connectivity index (χ4n) is 2.05. The molecule has 0 aliphatic heterocycles. The second kappa shape index (κ2) is 6.54. The van der Waals surface area contributed by atoms with Crippen LogP contribution in [0.3, 0.4) is 0 Å². The second-order valence-corrected chi connectivity index (χ2v) is 4.77. The summed E-state index contributed by atoms with van der Waals surface area (Å²) in [4.78, 5) is 0. The lowest BCUT2D eigenvalue weighted by Gasteiger charge is -2.16. The van der Waals surface area contributed by atoms with E-state index in [-0.39, 0.29) is 12.1 Å². The van der Waals surface area contributed by atoms with Crippen LogP contribution in [-0.2, 0) is 0 Å². The summed E-state index contributed by atoms with van der Waals surface area (Å²) in [5, 5.41) is 13.0. The minimum absolute atomic E-state index is 0.0419. The topological polar surface area (TPSA) is 41.5 Å². The van der Waals surface area contributed by atoms with Crippen molar-refractivity contribution in [2.45, 2.75) is 13.0 Å². The Labute approximate surface area is 122 Å². The van der Waals surface area contributed by atoms with Crippen molar-refractivity contribution < 1.29 is 18.6 Å². The Morgan fingerprint density at radius 3 is 2.67 bits per heavy atom. The number of hydrogen-bond acceptors (Lipinski definition) is 3. The molecule has 0 fully saturated rings. The van der Waals surface area contributed by atoms with E-state index in [0.29, 0.717) is 11.4 Å². The van der Waals surface area contributed by atoms with E-state index in [1.807, 2.05) is 19.1 Å². The number of aryl methyl sites for hydroxylation is 1. The molecule has 0 amide bonds. The Kier molecular flexibility index (Phi) is 4.75. The first-order chi connectivity index (χ1) is 10.0. The molecule has 0 aliphatic carbocycles. The van der Waals surface area contributed by atoms with Crippen molar-refractivity contribution >= 4 is 5.69 Å². The van der Waals surface area contributed by atoms with Crippen LogP contribution in [0.25, 0.3) is 0 Å². The first kappa shape index (κ1) is 15.3. The van der Waals surface area contributed by atoms with Crippen LogP contribution in [-0.4, -0.2) is 18.8 Å². The summed E-state index contributed by atoms with van der Waals surface area (Å²) in [6.45, 7) is 1.97. The van der Waals surface area contributed by atoms with E-state index in [0.717, 1.165) is 23.8 Å². The quantitative estimate of drug-likeness (QED) is 0.887. The number of aliphatic hydroxyl groups is 1. The molecule has 0 bridgehead atoms. The van der Waals surface area contributed by atoms with E-state index in [2.05, 4.69) is 5.32 Å². The van der Waals surface area contributed by atoms with E-state index in [4.69, 9.17) is 4.74 Å². The van der Waals surface area contributed by atoms with Gasteiger partial charge in [0.05, 0.1) is 18.9 Å². The molecule has 0 spiro atoms. The van der Waals surface area contributed by atoms with E-state index >= 15 is 0 Å². The summed E-state index contributed by atoms with van der Waals surface area (Å²) < 4.78 is 31.9. The monoisotopic (exact) mass is 293 g/mol. The smallest absolute Gasteiger partial charge is 0.141 e. The number of rotatable bonds is 5. The standard InChI is InChI=1S/C16H17F2NO2/c1-10-3-6-16(21-2)14(7-10)19-9-15(20)12-8-11(17)4-5-13(12)18/h3-8,15,19-20H,9H2,1-2H3. The number of nitrogens with one attached hydrogen (secondary N) is 1. The predicted octanol–water partition coefficient (Wildman–Crippen LogP) is 3.43. The molecule has 0 aromatic heterocycles. The van der Waals surface area contributed by atoms with Crippen LogP contribution in [0.4, 0.5) is 14.5 Å². The maximum absolute atomic E-state index is 13.6. The van der Waals surface area contributed by atoms with Gasteiger partial charge in [0.15, 0.2) is 0 Å². The first-order valence-corrected chi connectivity index (χ1v) is 6.53. The third kappa shape index (κ3) is 3.70. The number of aliphatic hydroxyl groups excluding tert-OH is 1. The molecule has 5 heteroatoms. The number of halogens is 2. The molecular weight excluding hydrogens is 276 g/mol. The van der Waals surface area contributed by atoms with E-state index in [9.17, 15) is 13.9 Å². The van der Waals surface area contributed by atoms with Gasteiger partial charge in [-0.2, -0.15) is 0 Å². The van der Waals surface area contributed by atoms with Gasteiger partial charge in [-0.25, -0.2) is 8.78 Å². The normalized spacial score (nSPS) is 12.0. The van der Waals surface area contributed by atoms with Gasteiger partial charge < -0.3 is 15.2 Å². The Balaban J connectivity index is 2.12. The van der Waals surface area contributed by atoms with Crippen molar-refractivity contribution in [3.05, 3.63) is 59.2 Å². The SMILES string of the molecule is COc1ccc(C)cc1NCC(O)c1cc(F)ccc1F. The van der Waals surface area contributed by atoms with Gasteiger partial charge in [0.2, 0.25) is 0 Å². The van der Waals surface area contributed by atoms with E-state index in [1.54, 1.807) is 13.2 Å². The number of anilines is 1. The second-order valence-electron chi connectivity index (χ2n) is 4.77. The molecule has 1 atom stereocenters. The Bertz CT molecular complexity index is 632. The summed E-state index contributed by atoms with van der Waals surface area (Å²) in [5.41, 5.74) is 1.63. The summed E-state index contributed by atoms with van der Waals surface area (Å²) in [6.07, 6.45) is -1.16. The Morgan fingerprint density at radius 1 is 1.19 bits per heavy atom. The minimum Gasteiger partial charge on any atom is -0.495 e. The predicted molar refractivity (Wildman–Crippen MR) is 77.5 cm³/mol. The first-order valence-electron chi connectivity index (χ1n) is 6.53. The van der Waals surface area contributed by atoms with Crippen LogP contribution in [0.2, 0.25) is 0 Å². The zero-order chi connectivity index (χ0) is 15.4. The number of benzene rings is 2. The number of methoxy groups -OCH3 is 1. The van der Waals surface area contributed by atoms with E-state index < -0.39 is 17.7 Å². The zero-order valence-electron chi connectivity index (χ0n) is 11.9. The highest BCUT2D eigenvalue weighted by atomic mass is 19.1. The number of ether oxygens (including phenoxy) is 1. The van der Waals surface area contributed by atoms with Crippen LogP contribution in [0, 0.1) is 18.6 Å². The van der Waals surface area contributed by atoms with E-state index in [1.165, 1.54) is 0 Å². The van der Waals surface area contributed by atoms with Crippen molar-refractivity contribution in [2.75, 3.05) is 19.0 Å². The van der Waals surface area contributed by atoms with Gasteiger partial charge in [-0.3, -0.25) is 0 Å². The van der Waals surface area contributed by atoms with Gasteiger partial charge in [-0.15, -0.1) is 0 Å². The largest absolute Gasteiger partial charge is 0.495 e. The average molecular weight is 293 g/mol. The van der Waals surface area contributed by atoms with Gasteiger partial charge in [-0.05, 0) is 42.8 Å². The maximum atomic E-state index is 13.6.